The van der Waals surface area contributed by atoms with Crippen LogP contribution in [-0.4, -0.2) is 31.8 Å². The summed E-state index contributed by atoms with van der Waals surface area (Å²) in [6, 6.07) is 6.08. The second-order valence-corrected chi connectivity index (χ2v) is 6.47. The van der Waals surface area contributed by atoms with Crippen molar-refractivity contribution in [3.63, 3.8) is 0 Å². The van der Waals surface area contributed by atoms with E-state index in [4.69, 9.17) is 10.5 Å². The Morgan fingerprint density at radius 3 is 2.81 bits per heavy atom. The average molecular weight is 352 g/mol. The molecule has 2 aromatic rings. The molecule has 0 fully saturated rings. The zero-order valence-electron chi connectivity index (χ0n) is 12.8. The minimum Gasteiger partial charge on any atom is -0.396 e. The number of nitrogen functional groups attached to an aromatic ring is 1. The zero-order chi connectivity index (χ0) is 15.4. The standard InChI is InChI=1S/C16H22BrN3O/c1-11(2)10-20(6-7-21-3)16-13-8-12(17)4-5-15(13)19-9-14(16)18/h4-5,8-9,11H,6-7,10,18H2,1-3H3. The molecule has 0 aliphatic rings. The number of pyridine rings is 1. The van der Waals surface area contributed by atoms with Gasteiger partial charge in [-0.2, -0.15) is 0 Å². The van der Waals surface area contributed by atoms with Gasteiger partial charge in [0, 0.05) is 30.1 Å². The van der Waals surface area contributed by atoms with E-state index in [0.717, 1.165) is 34.2 Å². The Morgan fingerprint density at radius 2 is 2.14 bits per heavy atom. The van der Waals surface area contributed by atoms with Gasteiger partial charge < -0.3 is 15.4 Å². The topological polar surface area (TPSA) is 51.4 Å². The largest absolute Gasteiger partial charge is 0.396 e. The minimum absolute atomic E-state index is 0.539. The van der Waals surface area contributed by atoms with Crippen molar-refractivity contribution in [2.45, 2.75) is 13.8 Å². The fourth-order valence-corrected chi connectivity index (χ4v) is 2.82. The number of ether oxygens (including phenoxy) is 1. The van der Waals surface area contributed by atoms with Crippen molar-refractivity contribution in [2.24, 2.45) is 5.92 Å². The molecule has 2 rings (SSSR count). The van der Waals surface area contributed by atoms with Gasteiger partial charge in [-0.1, -0.05) is 29.8 Å². The van der Waals surface area contributed by atoms with Crippen molar-refractivity contribution >= 4 is 38.2 Å². The van der Waals surface area contributed by atoms with Crippen LogP contribution in [0.4, 0.5) is 11.4 Å². The number of nitrogens with two attached hydrogens (primary N) is 1. The molecule has 0 saturated heterocycles. The highest BCUT2D eigenvalue weighted by Crippen LogP contribution is 2.33. The summed E-state index contributed by atoms with van der Waals surface area (Å²) < 4.78 is 6.27. The number of anilines is 2. The van der Waals surface area contributed by atoms with Crippen LogP contribution in [0.15, 0.2) is 28.9 Å². The van der Waals surface area contributed by atoms with Crippen LogP contribution < -0.4 is 10.6 Å². The Bertz CT molecular complexity index is 610. The molecule has 4 nitrogen and oxygen atoms in total. The summed E-state index contributed by atoms with van der Waals surface area (Å²) in [4.78, 5) is 6.71. The second kappa shape index (κ2) is 7.09. The van der Waals surface area contributed by atoms with Crippen molar-refractivity contribution in [1.82, 2.24) is 4.98 Å². The summed E-state index contributed by atoms with van der Waals surface area (Å²) >= 11 is 3.53. The fraction of sp³-hybridized carbons (Fsp3) is 0.438. The third-order valence-corrected chi connectivity index (χ3v) is 3.79. The highest BCUT2D eigenvalue weighted by Gasteiger charge is 2.16. The maximum atomic E-state index is 6.22. The predicted molar refractivity (Wildman–Crippen MR) is 92.8 cm³/mol. The van der Waals surface area contributed by atoms with E-state index in [-0.39, 0.29) is 0 Å². The Balaban J connectivity index is 2.53. The number of methoxy groups -OCH3 is 1. The van der Waals surface area contributed by atoms with Crippen LogP contribution in [0.3, 0.4) is 0 Å². The molecule has 1 aromatic heterocycles. The molecule has 1 aromatic carbocycles. The van der Waals surface area contributed by atoms with E-state index in [1.165, 1.54) is 0 Å². The van der Waals surface area contributed by atoms with Gasteiger partial charge in [0.25, 0.3) is 0 Å². The maximum Gasteiger partial charge on any atom is 0.0745 e. The Hall–Kier alpha value is -1.33. The SMILES string of the molecule is COCCN(CC(C)C)c1c(N)cnc2ccc(Br)cc12. The maximum absolute atomic E-state index is 6.22. The molecule has 0 saturated carbocycles. The van der Waals surface area contributed by atoms with Crippen molar-refractivity contribution in [3.8, 4) is 0 Å². The second-order valence-electron chi connectivity index (χ2n) is 5.56. The summed E-state index contributed by atoms with van der Waals surface area (Å²) in [7, 11) is 1.72. The molecule has 0 aliphatic heterocycles. The number of benzene rings is 1. The van der Waals surface area contributed by atoms with Gasteiger partial charge in [0.05, 0.1) is 29.7 Å². The third kappa shape index (κ3) is 3.86. The lowest BCUT2D eigenvalue weighted by Crippen LogP contribution is -2.31. The van der Waals surface area contributed by atoms with Crippen LogP contribution in [0.5, 0.6) is 0 Å². The summed E-state index contributed by atoms with van der Waals surface area (Å²) in [6.07, 6.45) is 1.74. The number of halogens is 1. The molecule has 0 unspecified atom stereocenters. The number of nitrogens with zero attached hydrogens (tertiary/aromatic N) is 2. The molecule has 2 N–H and O–H groups in total. The normalized spacial score (nSPS) is 11.3. The fourth-order valence-electron chi connectivity index (χ4n) is 2.46. The first-order chi connectivity index (χ1) is 10.0. The predicted octanol–water partition coefficient (Wildman–Crippen LogP) is 3.69. The van der Waals surface area contributed by atoms with E-state index in [1.54, 1.807) is 13.3 Å². The van der Waals surface area contributed by atoms with Crippen LogP contribution in [0.2, 0.25) is 0 Å². The number of hydrogen-bond acceptors (Lipinski definition) is 4. The van der Waals surface area contributed by atoms with E-state index in [2.05, 4.69) is 45.7 Å². The lowest BCUT2D eigenvalue weighted by atomic mass is 10.1. The van der Waals surface area contributed by atoms with Gasteiger partial charge in [0.2, 0.25) is 0 Å². The van der Waals surface area contributed by atoms with Crippen molar-refractivity contribution < 1.29 is 4.74 Å². The molecular formula is C16H22BrN3O. The summed E-state index contributed by atoms with van der Waals surface area (Å²) in [5.41, 5.74) is 8.93. The lowest BCUT2D eigenvalue weighted by Gasteiger charge is -2.28. The van der Waals surface area contributed by atoms with Gasteiger partial charge >= 0.3 is 0 Å². The first-order valence-corrected chi connectivity index (χ1v) is 7.90. The van der Waals surface area contributed by atoms with E-state index in [9.17, 15) is 0 Å². The van der Waals surface area contributed by atoms with E-state index >= 15 is 0 Å². The number of fused-ring (bicyclic) bond motifs is 1. The van der Waals surface area contributed by atoms with Crippen molar-refractivity contribution in [3.05, 3.63) is 28.9 Å². The van der Waals surface area contributed by atoms with Gasteiger partial charge in [0.15, 0.2) is 0 Å². The first-order valence-electron chi connectivity index (χ1n) is 7.10. The molecule has 0 atom stereocenters. The zero-order valence-corrected chi connectivity index (χ0v) is 14.4. The number of rotatable bonds is 6. The molecule has 1 heterocycles. The Kier molecular flexibility index (Phi) is 5.42. The first kappa shape index (κ1) is 16.0. The van der Waals surface area contributed by atoms with E-state index in [0.29, 0.717) is 18.2 Å². The quantitative estimate of drug-likeness (QED) is 0.862. The van der Waals surface area contributed by atoms with Gasteiger partial charge in [0.1, 0.15) is 0 Å². The van der Waals surface area contributed by atoms with Gasteiger partial charge in [-0.25, -0.2) is 0 Å². The third-order valence-electron chi connectivity index (χ3n) is 3.30. The Labute approximate surface area is 134 Å². The van der Waals surface area contributed by atoms with E-state index < -0.39 is 0 Å². The molecule has 21 heavy (non-hydrogen) atoms. The highest BCUT2D eigenvalue weighted by atomic mass is 79.9. The molecule has 0 bridgehead atoms. The minimum atomic E-state index is 0.539. The molecule has 0 radical (unpaired) electrons. The molecule has 0 aliphatic carbocycles. The summed E-state index contributed by atoms with van der Waals surface area (Å²) in [5, 5.41) is 1.07. The summed E-state index contributed by atoms with van der Waals surface area (Å²) in [6.45, 7) is 6.82. The van der Waals surface area contributed by atoms with Crippen LogP contribution in [0.1, 0.15) is 13.8 Å². The molecule has 0 amide bonds. The number of hydrogen-bond donors (Lipinski definition) is 1. The van der Waals surface area contributed by atoms with Gasteiger partial charge in [-0.05, 0) is 24.1 Å². The molecule has 114 valence electrons. The average Bonchev–Trinajstić information content (AvgIpc) is 2.43. The van der Waals surface area contributed by atoms with Gasteiger partial charge in [-0.3, -0.25) is 4.98 Å². The van der Waals surface area contributed by atoms with Crippen LogP contribution >= 0.6 is 15.9 Å². The van der Waals surface area contributed by atoms with E-state index in [1.807, 2.05) is 12.1 Å². The molecule has 5 heteroatoms. The van der Waals surface area contributed by atoms with Crippen LogP contribution in [0, 0.1) is 5.92 Å². The van der Waals surface area contributed by atoms with Crippen molar-refractivity contribution in [2.75, 3.05) is 37.4 Å². The molecular weight excluding hydrogens is 330 g/mol. The van der Waals surface area contributed by atoms with Crippen LogP contribution in [0.25, 0.3) is 10.9 Å². The lowest BCUT2D eigenvalue weighted by molar-refractivity contribution is 0.204. The molecule has 0 spiro atoms. The van der Waals surface area contributed by atoms with Gasteiger partial charge in [-0.15, -0.1) is 0 Å². The van der Waals surface area contributed by atoms with Crippen LogP contribution in [-0.2, 0) is 4.74 Å². The smallest absolute Gasteiger partial charge is 0.0745 e. The Morgan fingerprint density at radius 1 is 1.38 bits per heavy atom. The summed E-state index contributed by atoms with van der Waals surface area (Å²) in [5.74, 6) is 0.539. The number of aromatic nitrogens is 1. The van der Waals surface area contributed by atoms with Crippen molar-refractivity contribution in [1.29, 1.82) is 0 Å². The monoisotopic (exact) mass is 351 g/mol. The highest BCUT2D eigenvalue weighted by molar-refractivity contribution is 9.10.